The number of fused-ring (bicyclic) bond motifs is 1. The molecule has 0 radical (unpaired) electrons. The maximum atomic E-state index is 12.6. The van der Waals surface area contributed by atoms with Gasteiger partial charge in [-0.3, -0.25) is 14.6 Å². The summed E-state index contributed by atoms with van der Waals surface area (Å²) in [5.41, 5.74) is 3.53. The van der Waals surface area contributed by atoms with E-state index >= 15 is 0 Å². The Bertz CT molecular complexity index is 1230. The fraction of sp³-hybridized carbons (Fsp3) is 0.167. The summed E-state index contributed by atoms with van der Waals surface area (Å²) in [5, 5.41) is 8.62. The van der Waals surface area contributed by atoms with E-state index in [4.69, 9.17) is 0 Å². The number of aryl methyl sites for hydroxylation is 1. The minimum Gasteiger partial charge on any atom is -0.326 e. The summed E-state index contributed by atoms with van der Waals surface area (Å²) in [5.74, 6) is -0.171. The molecule has 0 fully saturated rings. The molecule has 0 unspecified atom stereocenters. The van der Waals surface area contributed by atoms with E-state index in [0.29, 0.717) is 17.6 Å². The Hall–Kier alpha value is -3.80. The van der Waals surface area contributed by atoms with Crippen molar-refractivity contribution in [3.05, 3.63) is 100 Å². The van der Waals surface area contributed by atoms with Crippen LogP contribution in [0.4, 0.5) is 5.69 Å². The molecule has 2 heterocycles. The average Bonchev–Trinajstić information content (AvgIpc) is 2.78. The van der Waals surface area contributed by atoms with Crippen LogP contribution in [0.15, 0.2) is 77.9 Å². The SMILES string of the molecule is CCn1nc(CC(=O)Nc2ccc(Cc3ccncc3)cc2)c2ccccc2c1=O. The molecular weight excluding hydrogens is 376 g/mol. The summed E-state index contributed by atoms with van der Waals surface area (Å²) >= 11 is 0. The van der Waals surface area contributed by atoms with Gasteiger partial charge in [0.2, 0.25) is 5.91 Å². The van der Waals surface area contributed by atoms with Crippen molar-refractivity contribution in [2.45, 2.75) is 26.3 Å². The predicted octanol–water partition coefficient (Wildman–Crippen LogP) is 3.58. The van der Waals surface area contributed by atoms with Gasteiger partial charge in [0.1, 0.15) is 0 Å². The van der Waals surface area contributed by atoms with Crippen molar-refractivity contribution in [1.29, 1.82) is 0 Å². The number of nitrogens with one attached hydrogen (secondary N) is 1. The van der Waals surface area contributed by atoms with Crippen molar-refractivity contribution in [3.8, 4) is 0 Å². The summed E-state index contributed by atoms with van der Waals surface area (Å²) < 4.78 is 1.40. The van der Waals surface area contributed by atoms with E-state index in [9.17, 15) is 9.59 Å². The number of amides is 1. The number of rotatable bonds is 6. The van der Waals surface area contributed by atoms with E-state index in [1.165, 1.54) is 10.2 Å². The molecule has 4 aromatic rings. The van der Waals surface area contributed by atoms with Gasteiger partial charge >= 0.3 is 0 Å². The Balaban J connectivity index is 1.49. The predicted molar refractivity (Wildman–Crippen MR) is 117 cm³/mol. The zero-order valence-electron chi connectivity index (χ0n) is 16.7. The minimum atomic E-state index is -0.171. The lowest BCUT2D eigenvalue weighted by atomic mass is 10.1. The van der Waals surface area contributed by atoms with Crippen LogP contribution in [0.2, 0.25) is 0 Å². The number of carbonyl (C=O) groups is 1. The van der Waals surface area contributed by atoms with Gasteiger partial charge in [0.05, 0.1) is 17.5 Å². The molecule has 0 aliphatic rings. The van der Waals surface area contributed by atoms with Crippen LogP contribution in [0.1, 0.15) is 23.7 Å². The van der Waals surface area contributed by atoms with Crippen LogP contribution < -0.4 is 10.9 Å². The van der Waals surface area contributed by atoms with Crippen LogP contribution in [0.5, 0.6) is 0 Å². The number of benzene rings is 2. The van der Waals surface area contributed by atoms with Gasteiger partial charge in [-0.2, -0.15) is 5.10 Å². The Morgan fingerprint density at radius 2 is 1.60 bits per heavy atom. The molecule has 0 bridgehead atoms. The topological polar surface area (TPSA) is 76.9 Å². The summed E-state index contributed by atoms with van der Waals surface area (Å²) in [6.07, 6.45) is 4.47. The molecular formula is C24H22N4O2. The second-order valence-corrected chi connectivity index (χ2v) is 7.07. The number of hydrogen-bond acceptors (Lipinski definition) is 4. The standard InChI is InChI=1S/C24H22N4O2/c1-2-28-24(30)21-6-4-3-5-20(21)22(27-28)16-23(29)26-19-9-7-17(8-10-19)15-18-11-13-25-14-12-18/h3-14H,2,15-16H2,1H3,(H,26,29). The van der Waals surface area contributed by atoms with Gasteiger partial charge in [-0.15, -0.1) is 0 Å². The monoisotopic (exact) mass is 398 g/mol. The third-order valence-electron chi connectivity index (χ3n) is 4.97. The highest BCUT2D eigenvalue weighted by atomic mass is 16.1. The van der Waals surface area contributed by atoms with Crippen molar-refractivity contribution in [2.24, 2.45) is 0 Å². The highest BCUT2D eigenvalue weighted by Gasteiger charge is 2.13. The Labute approximate surface area is 174 Å². The lowest BCUT2D eigenvalue weighted by molar-refractivity contribution is -0.115. The number of aromatic nitrogens is 3. The van der Waals surface area contributed by atoms with E-state index < -0.39 is 0 Å². The molecule has 150 valence electrons. The zero-order valence-corrected chi connectivity index (χ0v) is 16.7. The summed E-state index contributed by atoms with van der Waals surface area (Å²) in [6.45, 7) is 2.32. The second kappa shape index (κ2) is 8.69. The zero-order chi connectivity index (χ0) is 20.9. The molecule has 0 saturated carbocycles. The van der Waals surface area contributed by atoms with Gasteiger partial charge in [0.15, 0.2) is 0 Å². The third-order valence-corrected chi connectivity index (χ3v) is 4.97. The second-order valence-electron chi connectivity index (χ2n) is 7.07. The largest absolute Gasteiger partial charge is 0.326 e. The van der Waals surface area contributed by atoms with E-state index in [-0.39, 0.29) is 17.9 Å². The van der Waals surface area contributed by atoms with Gasteiger partial charge in [0.25, 0.3) is 5.56 Å². The van der Waals surface area contributed by atoms with Crippen LogP contribution >= 0.6 is 0 Å². The first-order valence-corrected chi connectivity index (χ1v) is 9.90. The van der Waals surface area contributed by atoms with Crippen LogP contribution in [0.25, 0.3) is 10.8 Å². The first kappa shape index (κ1) is 19.5. The normalized spacial score (nSPS) is 10.8. The van der Waals surface area contributed by atoms with Crippen molar-refractivity contribution in [2.75, 3.05) is 5.32 Å². The number of hydrogen-bond donors (Lipinski definition) is 1. The van der Waals surface area contributed by atoms with Crippen molar-refractivity contribution >= 4 is 22.4 Å². The molecule has 0 aliphatic carbocycles. The van der Waals surface area contributed by atoms with Crippen LogP contribution in [-0.2, 0) is 24.2 Å². The van der Waals surface area contributed by atoms with Crippen LogP contribution in [0.3, 0.4) is 0 Å². The lowest BCUT2D eigenvalue weighted by Gasteiger charge is -2.10. The molecule has 6 nitrogen and oxygen atoms in total. The Morgan fingerprint density at radius 3 is 2.30 bits per heavy atom. The van der Waals surface area contributed by atoms with Crippen molar-refractivity contribution < 1.29 is 4.79 Å². The van der Waals surface area contributed by atoms with Gasteiger partial charge in [-0.1, -0.05) is 30.3 Å². The molecule has 30 heavy (non-hydrogen) atoms. The van der Waals surface area contributed by atoms with Gasteiger partial charge < -0.3 is 5.32 Å². The number of pyridine rings is 1. The number of carbonyl (C=O) groups excluding carboxylic acids is 1. The molecule has 1 amide bonds. The molecule has 1 N–H and O–H groups in total. The highest BCUT2D eigenvalue weighted by molar-refractivity contribution is 5.95. The molecule has 2 aromatic heterocycles. The van der Waals surface area contributed by atoms with E-state index in [2.05, 4.69) is 15.4 Å². The number of nitrogens with zero attached hydrogens (tertiary/aromatic N) is 3. The molecule has 2 aromatic carbocycles. The highest BCUT2D eigenvalue weighted by Crippen LogP contribution is 2.16. The molecule has 4 rings (SSSR count). The third kappa shape index (κ3) is 4.27. The lowest BCUT2D eigenvalue weighted by Crippen LogP contribution is -2.25. The fourth-order valence-electron chi connectivity index (χ4n) is 3.45. The van der Waals surface area contributed by atoms with Gasteiger partial charge in [-0.05, 0) is 54.8 Å². The summed E-state index contributed by atoms with van der Waals surface area (Å²) in [7, 11) is 0. The van der Waals surface area contributed by atoms with Crippen molar-refractivity contribution in [3.63, 3.8) is 0 Å². The molecule has 0 spiro atoms. The summed E-state index contributed by atoms with van der Waals surface area (Å²) in [4.78, 5) is 29.1. The maximum absolute atomic E-state index is 12.6. The van der Waals surface area contributed by atoms with E-state index in [1.54, 1.807) is 18.5 Å². The molecule has 0 saturated heterocycles. The first-order chi connectivity index (χ1) is 14.6. The molecule has 0 atom stereocenters. The Kier molecular flexibility index (Phi) is 5.66. The van der Waals surface area contributed by atoms with Gasteiger partial charge in [0, 0.05) is 30.0 Å². The van der Waals surface area contributed by atoms with Gasteiger partial charge in [-0.25, -0.2) is 4.68 Å². The molecule has 0 aliphatic heterocycles. The smallest absolute Gasteiger partial charge is 0.274 e. The molecule has 6 heteroatoms. The Morgan fingerprint density at radius 1 is 0.933 bits per heavy atom. The van der Waals surface area contributed by atoms with Crippen LogP contribution in [-0.4, -0.2) is 20.7 Å². The van der Waals surface area contributed by atoms with Crippen molar-refractivity contribution in [1.82, 2.24) is 14.8 Å². The summed E-state index contributed by atoms with van der Waals surface area (Å²) in [6, 6.07) is 19.0. The first-order valence-electron chi connectivity index (χ1n) is 9.90. The quantitative estimate of drug-likeness (QED) is 0.539. The van der Waals surface area contributed by atoms with E-state index in [0.717, 1.165) is 23.1 Å². The average molecular weight is 398 g/mol. The maximum Gasteiger partial charge on any atom is 0.274 e. The van der Waals surface area contributed by atoms with E-state index in [1.807, 2.05) is 61.5 Å². The fourth-order valence-corrected chi connectivity index (χ4v) is 3.45. The number of anilines is 1. The van der Waals surface area contributed by atoms with Crippen LogP contribution in [0, 0.1) is 0 Å². The minimum absolute atomic E-state index is 0.0968.